The van der Waals surface area contributed by atoms with E-state index in [2.05, 4.69) is 5.10 Å². The van der Waals surface area contributed by atoms with Crippen LogP contribution in [-0.2, 0) is 7.05 Å². The summed E-state index contributed by atoms with van der Waals surface area (Å²) in [5.41, 5.74) is 3.54. The fraction of sp³-hybridized carbons (Fsp3) is 0.333. The molecule has 0 saturated heterocycles. The Morgan fingerprint density at radius 1 is 1.47 bits per heavy atom. The molecule has 2 rings (SSSR count). The summed E-state index contributed by atoms with van der Waals surface area (Å²) in [5.74, 6) is -0.0351. The van der Waals surface area contributed by atoms with Gasteiger partial charge in [0.1, 0.15) is 0 Å². The number of nitrogens with zero attached hydrogens (tertiary/aromatic N) is 3. The molecule has 17 heavy (non-hydrogen) atoms. The van der Waals surface area contributed by atoms with Crippen LogP contribution < -0.4 is 0 Å². The van der Waals surface area contributed by atoms with Gasteiger partial charge in [-0.1, -0.05) is 0 Å². The molecule has 5 heteroatoms. The zero-order valence-electron chi connectivity index (χ0n) is 10.1. The number of carbonyl (C=O) groups is 1. The molecule has 0 aliphatic carbocycles. The first kappa shape index (κ1) is 11.9. The van der Waals surface area contributed by atoms with Crippen LogP contribution in [0.25, 0.3) is 5.69 Å². The third-order valence-corrected chi connectivity index (χ3v) is 3.05. The minimum atomic E-state index is -0.0464. The Hall–Kier alpha value is -1.55. The van der Waals surface area contributed by atoms with E-state index in [9.17, 15) is 4.79 Å². The molecule has 0 spiro atoms. The van der Waals surface area contributed by atoms with Crippen molar-refractivity contribution in [3.05, 3.63) is 35.4 Å². The standard InChI is InChI=1S/C12H14ClN3O/c1-8-4-11(12(17)5-13)9(2)16(8)10-6-14-15(3)7-10/h4,6-7H,5H2,1-3H3. The van der Waals surface area contributed by atoms with Crippen molar-refractivity contribution in [1.29, 1.82) is 0 Å². The lowest BCUT2D eigenvalue weighted by Crippen LogP contribution is -2.03. The molecule has 0 fully saturated rings. The number of Topliss-reactive ketones (excluding diaryl/α,β-unsaturated/α-hetero) is 1. The van der Waals surface area contributed by atoms with Gasteiger partial charge in [0.05, 0.1) is 17.8 Å². The molecule has 0 N–H and O–H groups in total. The van der Waals surface area contributed by atoms with Gasteiger partial charge >= 0.3 is 0 Å². The number of rotatable bonds is 3. The van der Waals surface area contributed by atoms with E-state index in [1.54, 1.807) is 10.9 Å². The van der Waals surface area contributed by atoms with Crippen LogP contribution in [0.2, 0.25) is 0 Å². The van der Waals surface area contributed by atoms with Crippen LogP contribution in [0.3, 0.4) is 0 Å². The highest BCUT2D eigenvalue weighted by Gasteiger charge is 2.16. The monoisotopic (exact) mass is 251 g/mol. The number of ketones is 1. The van der Waals surface area contributed by atoms with Crippen molar-refractivity contribution in [2.45, 2.75) is 13.8 Å². The van der Waals surface area contributed by atoms with Crippen LogP contribution in [-0.4, -0.2) is 26.0 Å². The second kappa shape index (κ2) is 4.37. The van der Waals surface area contributed by atoms with Gasteiger partial charge in [-0.3, -0.25) is 9.48 Å². The predicted molar refractivity (Wildman–Crippen MR) is 67.1 cm³/mol. The first-order valence-electron chi connectivity index (χ1n) is 5.31. The van der Waals surface area contributed by atoms with Crippen LogP contribution in [0.15, 0.2) is 18.5 Å². The Bertz CT molecular complexity index is 568. The van der Waals surface area contributed by atoms with Gasteiger partial charge in [-0.05, 0) is 19.9 Å². The Balaban J connectivity index is 2.56. The summed E-state index contributed by atoms with van der Waals surface area (Å²) in [6.07, 6.45) is 3.68. The molecule has 90 valence electrons. The summed E-state index contributed by atoms with van der Waals surface area (Å²) < 4.78 is 3.74. The van der Waals surface area contributed by atoms with E-state index < -0.39 is 0 Å². The number of halogens is 1. The van der Waals surface area contributed by atoms with Crippen LogP contribution in [0.4, 0.5) is 0 Å². The van der Waals surface area contributed by atoms with Gasteiger partial charge < -0.3 is 4.57 Å². The maximum Gasteiger partial charge on any atom is 0.179 e. The molecule has 0 bridgehead atoms. The molecule has 2 aromatic heterocycles. The van der Waals surface area contributed by atoms with E-state index in [0.717, 1.165) is 17.1 Å². The molecule has 4 nitrogen and oxygen atoms in total. The number of carbonyl (C=O) groups excluding carboxylic acids is 1. The molecule has 0 saturated carbocycles. The minimum absolute atomic E-state index is 0.0112. The van der Waals surface area contributed by atoms with Crippen molar-refractivity contribution in [3.63, 3.8) is 0 Å². The fourth-order valence-electron chi connectivity index (χ4n) is 2.04. The maximum atomic E-state index is 11.7. The third kappa shape index (κ3) is 2.00. The summed E-state index contributed by atoms with van der Waals surface area (Å²) in [4.78, 5) is 11.7. The zero-order valence-corrected chi connectivity index (χ0v) is 10.8. The molecule has 0 aromatic carbocycles. The molecular formula is C12H14ClN3O. The van der Waals surface area contributed by atoms with E-state index in [4.69, 9.17) is 11.6 Å². The van der Waals surface area contributed by atoms with Crippen molar-refractivity contribution in [3.8, 4) is 5.69 Å². The highest BCUT2D eigenvalue weighted by molar-refractivity contribution is 6.30. The smallest absolute Gasteiger partial charge is 0.179 e. The number of aromatic nitrogens is 3. The molecule has 0 unspecified atom stereocenters. The topological polar surface area (TPSA) is 39.8 Å². The number of hydrogen-bond acceptors (Lipinski definition) is 2. The second-order valence-electron chi connectivity index (χ2n) is 4.05. The van der Waals surface area contributed by atoms with E-state index in [1.807, 2.05) is 37.7 Å². The Morgan fingerprint density at radius 2 is 2.18 bits per heavy atom. The quantitative estimate of drug-likeness (QED) is 0.620. The van der Waals surface area contributed by atoms with Gasteiger partial charge in [-0.15, -0.1) is 11.6 Å². The maximum absolute atomic E-state index is 11.7. The zero-order chi connectivity index (χ0) is 12.6. The van der Waals surface area contributed by atoms with Crippen LogP contribution in [0.5, 0.6) is 0 Å². The predicted octanol–water partition coefficient (Wildman–Crippen LogP) is 2.25. The average Bonchev–Trinajstić information content (AvgIpc) is 2.82. The molecule has 0 aliphatic rings. The minimum Gasteiger partial charge on any atom is -0.315 e. The highest BCUT2D eigenvalue weighted by atomic mass is 35.5. The van der Waals surface area contributed by atoms with Gasteiger partial charge in [-0.25, -0.2) is 0 Å². The summed E-state index contributed by atoms with van der Waals surface area (Å²) in [7, 11) is 1.86. The fourth-order valence-corrected chi connectivity index (χ4v) is 2.18. The van der Waals surface area contributed by atoms with E-state index in [1.165, 1.54) is 0 Å². The van der Waals surface area contributed by atoms with Crippen molar-refractivity contribution in [2.24, 2.45) is 7.05 Å². The van der Waals surface area contributed by atoms with Gasteiger partial charge in [0.25, 0.3) is 0 Å². The lowest BCUT2D eigenvalue weighted by molar-refractivity contribution is 0.102. The SMILES string of the molecule is Cc1cc(C(=O)CCl)c(C)n1-c1cnn(C)c1. The highest BCUT2D eigenvalue weighted by Crippen LogP contribution is 2.20. The Labute approximate surface area is 105 Å². The lowest BCUT2D eigenvalue weighted by atomic mass is 10.2. The van der Waals surface area contributed by atoms with E-state index in [0.29, 0.717) is 5.56 Å². The number of hydrogen-bond donors (Lipinski definition) is 0. The summed E-state index contributed by atoms with van der Waals surface area (Å²) in [6, 6.07) is 1.87. The Morgan fingerprint density at radius 3 is 2.71 bits per heavy atom. The normalized spacial score (nSPS) is 10.8. The van der Waals surface area contributed by atoms with Crippen LogP contribution in [0.1, 0.15) is 21.7 Å². The number of aryl methyl sites for hydroxylation is 2. The van der Waals surface area contributed by atoms with Gasteiger partial charge in [0.2, 0.25) is 0 Å². The van der Waals surface area contributed by atoms with Crippen molar-refractivity contribution in [1.82, 2.24) is 14.3 Å². The molecule has 0 radical (unpaired) electrons. The largest absolute Gasteiger partial charge is 0.315 e. The van der Waals surface area contributed by atoms with Crippen molar-refractivity contribution in [2.75, 3.05) is 5.88 Å². The van der Waals surface area contributed by atoms with E-state index >= 15 is 0 Å². The lowest BCUT2D eigenvalue weighted by Gasteiger charge is -2.05. The van der Waals surface area contributed by atoms with Gasteiger partial charge in [0, 0.05) is 30.2 Å². The molecule has 0 amide bonds. The molecule has 0 aliphatic heterocycles. The second-order valence-corrected chi connectivity index (χ2v) is 4.32. The Kier molecular flexibility index (Phi) is 3.07. The van der Waals surface area contributed by atoms with Crippen LogP contribution >= 0.6 is 11.6 Å². The first-order valence-corrected chi connectivity index (χ1v) is 5.85. The average molecular weight is 252 g/mol. The van der Waals surface area contributed by atoms with Gasteiger partial charge in [-0.2, -0.15) is 5.10 Å². The molecule has 2 aromatic rings. The third-order valence-electron chi connectivity index (χ3n) is 2.80. The first-order chi connectivity index (χ1) is 8.04. The summed E-state index contributed by atoms with van der Waals surface area (Å²) in [5, 5.41) is 4.13. The van der Waals surface area contributed by atoms with Crippen molar-refractivity contribution < 1.29 is 4.79 Å². The molecular weight excluding hydrogens is 238 g/mol. The summed E-state index contributed by atoms with van der Waals surface area (Å²) in [6.45, 7) is 3.88. The number of alkyl halides is 1. The van der Waals surface area contributed by atoms with E-state index in [-0.39, 0.29) is 11.7 Å². The molecule has 0 atom stereocenters. The molecule has 2 heterocycles. The summed E-state index contributed by atoms with van der Waals surface area (Å²) >= 11 is 5.59. The van der Waals surface area contributed by atoms with Gasteiger partial charge in [0.15, 0.2) is 5.78 Å². The van der Waals surface area contributed by atoms with Crippen LogP contribution in [0, 0.1) is 13.8 Å². The van der Waals surface area contributed by atoms with Crippen molar-refractivity contribution >= 4 is 17.4 Å².